The highest BCUT2D eigenvalue weighted by molar-refractivity contribution is 7.89. The molecule has 0 spiro atoms. The molecular formula is C21H26FN3O5S2. The van der Waals surface area contributed by atoms with Gasteiger partial charge in [0, 0.05) is 18.8 Å². The van der Waals surface area contributed by atoms with Gasteiger partial charge in [0.2, 0.25) is 20.0 Å². The number of carbonyl (C=O) groups excluding carboxylic acids is 1. The second kappa shape index (κ2) is 9.65. The van der Waals surface area contributed by atoms with Gasteiger partial charge in [-0.25, -0.2) is 25.9 Å². The summed E-state index contributed by atoms with van der Waals surface area (Å²) in [5.74, 6) is -1.79. The zero-order valence-corrected chi connectivity index (χ0v) is 19.5. The van der Waals surface area contributed by atoms with Crippen molar-refractivity contribution in [1.29, 1.82) is 0 Å². The molecule has 0 aromatic heterocycles. The topological polar surface area (TPSA) is 113 Å². The molecule has 3 rings (SSSR count). The van der Waals surface area contributed by atoms with Crippen LogP contribution >= 0.6 is 0 Å². The van der Waals surface area contributed by atoms with Gasteiger partial charge < -0.3 is 5.32 Å². The average molecular weight is 484 g/mol. The molecule has 0 aliphatic carbocycles. The summed E-state index contributed by atoms with van der Waals surface area (Å²) in [6.45, 7) is 2.55. The fourth-order valence-corrected chi connectivity index (χ4v) is 6.06. The number of benzene rings is 2. The second-order valence-corrected chi connectivity index (χ2v) is 11.4. The highest BCUT2D eigenvalue weighted by atomic mass is 32.2. The first-order chi connectivity index (χ1) is 15.1. The molecule has 2 N–H and O–H groups in total. The molecule has 0 atom stereocenters. The largest absolute Gasteiger partial charge is 0.322 e. The third kappa shape index (κ3) is 5.17. The van der Waals surface area contributed by atoms with Crippen LogP contribution in [0, 0.1) is 12.7 Å². The summed E-state index contributed by atoms with van der Waals surface area (Å²) >= 11 is 0. The summed E-state index contributed by atoms with van der Waals surface area (Å²) in [6.07, 6.45) is 3.55. The molecule has 1 aliphatic heterocycles. The summed E-state index contributed by atoms with van der Waals surface area (Å²) in [5.41, 5.74) is 0.217. The van der Waals surface area contributed by atoms with Crippen molar-refractivity contribution in [3.63, 3.8) is 0 Å². The minimum Gasteiger partial charge on any atom is -0.322 e. The van der Waals surface area contributed by atoms with Gasteiger partial charge in [-0.1, -0.05) is 18.9 Å². The van der Waals surface area contributed by atoms with E-state index in [1.807, 2.05) is 0 Å². The molecule has 2 aromatic rings. The molecule has 1 saturated heterocycles. The summed E-state index contributed by atoms with van der Waals surface area (Å²) in [5, 5.41) is 2.47. The number of amides is 1. The number of nitrogens with one attached hydrogen (secondary N) is 2. The number of carbonyl (C=O) groups is 1. The lowest BCUT2D eigenvalue weighted by Crippen LogP contribution is -2.32. The van der Waals surface area contributed by atoms with Crippen LogP contribution in [0.3, 0.4) is 0 Å². The molecule has 32 heavy (non-hydrogen) atoms. The van der Waals surface area contributed by atoms with Crippen LogP contribution in [0.2, 0.25) is 0 Å². The van der Waals surface area contributed by atoms with Crippen LogP contribution in [-0.2, 0) is 20.0 Å². The fourth-order valence-electron chi connectivity index (χ4n) is 3.54. The number of hydrogen-bond donors (Lipinski definition) is 2. The molecule has 0 unspecified atom stereocenters. The van der Waals surface area contributed by atoms with Crippen molar-refractivity contribution in [2.75, 3.05) is 25.5 Å². The molecule has 1 fully saturated rings. The van der Waals surface area contributed by atoms with Crippen molar-refractivity contribution in [1.82, 2.24) is 9.03 Å². The number of anilines is 1. The maximum Gasteiger partial charge on any atom is 0.258 e. The quantitative estimate of drug-likeness (QED) is 0.656. The highest BCUT2D eigenvalue weighted by Gasteiger charge is 2.27. The Kier molecular flexibility index (Phi) is 7.33. The van der Waals surface area contributed by atoms with Gasteiger partial charge in [-0.3, -0.25) is 4.79 Å². The van der Waals surface area contributed by atoms with Gasteiger partial charge in [0.25, 0.3) is 5.91 Å². The van der Waals surface area contributed by atoms with Gasteiger partial charge >= 0.3 is 0 Å². The van der Waals surface area contributed by atoms with Crippen LogP contribution in [0.15, 0.2) is 46.2 Å². The first-order valence-corrected chi connectivity index (χ1v) is 13.1. The van der Waals surface area contributed by atoms with E-state index in [-0.39, 0.29) is 15.5 Å². The summed E-state index contributed by atoms with van der Waals surface area (Å²) < 4.78 is 68.1. The van der Waals surface area contributed by atoms with Crippen LogP contribution in [-0.4, -0.2) is 47.2 Å². The molecule has 0 bridgehead atoms. The van der Waals surface area contributed by atoms with E-state index in [1.54, 1.807) is 13.0 Å². The molecule has 0 saturated carbocycles. The molecule has 1 heterocycles. The van der Waals surface area contributed by atoms with E-state index < -0.39 is 37.3 Å². The van der Waals surface area contributed by atoms with Crippen molar-refractivity contribution in [3.8, 4) is 0 Å². The van der Waals surface area contributed by atoms with Crippen molar-refractivity contribution >= 4 is 31.6 Å². The summed E-state index contributed by atoms with van der Waals surface area (Å²) in [6, 6.07) is 7.30. The molecular weight excluding hydrogens is 457 g/mol. The molecule has 174 valence electrons. The predicted octanol–water partition coefficient (Wildman–Crippen LogP) is 2.86. The monoisotopic (exact) mass is 483 g/mol. The van der Waals surface area contributed by atoms with Gasteiger partial charge in [0.05, 0.1) is 15.4 Å². The Morgan fingerprint density at radius 3 is 2.25 bits per heavy atom. The van der Waals surface area contributed by atoms with Crippen LogP contribution in [0.25, 0.3) is 0 Å². The third-order valence-electron chi connectivity index (χ3n) is 5.39. The van der Waals surface area contributed by atoms with Crippen molar-refractivity contribution in [2.45, 2.75) is 42.4 Å². The maximum absolute atomic E-state index is 14.3. The van der Waals surface area contributed by atoms with E-state index in [0.29, 0.717) is 18.7 Å². The molecule has 2 aromatic carbocycles. The molecule has 11 heteroatoms. The van der Waals surface area contributed by atoms with Crippen molar-refractivity contribution in [2.24, 2.45) is 0 Å². The van der Waals surface area contributed by atoms with Gasteiger partial charge in [-0.2, -0.15) is 4.31 Å². The minimum absolute atomic E-state index is 0.0733. The van der Waals surface area contributed by atoms with Gasteiger partial charge in [-0.15, -0.1) is 0 Å². The number of nitrogens with zero attached hydrogens (tertiary/aromatic N) is 1. The van der Waals surface area contributed by atoms with Crippen LogP contribution in [0.4, 0.5) is 10.1 Å². The Morgan fingerprint density at radius 2 is 1.62 bits per heavy atom. The highest BCUT2D eigenvalue weighted by Crippen LogP contribution is 2.26. The van der Waals surface area contributed by atoms with Gasteiger partial charge in [0.1, 0.15) is 5.82 Å². The SMILES string of the molecule is CNS(=O)(=O)c1ccc(F)c(C(=O)Nc2ccc(C)c(S(=O)(=O)N3CCCCCC3)c2)c1. The molecule has 8 nitrogen and oxygen atoms in total. The van der Waals surface area contributed by atoms with E-state index in [2.05, 4.69) is 10.0 Å². The van der Waals surface area contributed by atoms with Gasteiger partial charge in [0.15, 0.2) is 0 Å². The van der Waals surface area contributed by atoms with E-state index in [1.165, 1.54) is 23.5 Å². The Labute approximate surface area is 187 Å². The Balaban J connectivity index is 1.91. The number of sulfonamides is 2. The lowest BCUT2D eigenvalue weighted by Gasteiger charge is -2.21. The number of halogens is 1. The lowest BCUT2D eigenvalue weighted by atomic mass is 10.2. The zero-order chi connectivity index (χ0) is 23.5. The normalized spacial score (nSPS) is 15.8. The van der Waals surface area contributed by atoms with Crippen LogP contribution in [0.1, 0.15) is 41.6 Å². The molecule has 1 amide bonds. The Morgan fingerprint density at radius 1 is 0.969 bits per heavy atom. The van der Waals surface area contributed by atoms with Crippen LogP contribution in [0.5, 0.6) is 0 Å². The number of aryl methyl sites for hydroxylation is 1. The van der Waals surface area contributed by atoms with E-state index in [9.17, 15) is 26.0 Å². The Bertz CT molecular complexity index is 1220. The second-order valence-electron chi connectivity index (χ2n) is 7.60. The standard InChI is InChI=1S/C21H26FN3O5S2/c1-15-7-8-16(13-20(15)32(29,30)25-11-5-3-4-6-12-25)24-21(26)18-14-17(9-10-19(18)22)31(27,28)23-2/h7-10,13-14,23H,3-6,11-12H2,1-2H3,(H,24,26). The Hall–Kier alpha value is -2.34. The van der Waals surface area contributed by atoms with E-state index in [4.69, 9.17) is 0 Å². The van der Waals surface area contributed by atoms with Crippen molar-refractivity contribution in [3.05, 3.63) is 53.3 Å². The van der Waals surface area contributed by atoms with E-state index in [0.717, 1.165) is 43.9 Å². The number of hydrogen-bond acceptors (Lipinski definition) is 5. The maximum atomic E-state index is 14.3. The smallest absolute Gasteiger partial charge is 0.258 e. The third-order valence-corrected chi connectivity index (χ3v) is 8.84. The molecule has 1 aliphatic rings. The first-order valence-electron chi connectivity index (χ1n) is 10.2. The summed E-state index contributed by atoms with van der Waals surface area (Å²) in [7, 11) is -6.42. The summed E-state index contributed by atoms with van der Waals surface area (Å²) in [4.78, 5) is 12.5. The lowest BCUT2D eigenvalue weighted by molar-refractivity contribution is 0.102. The number of rotatable bonds is 6. The van der Waals surface area contributed by atoms with E-state index >= 15 is 0 Å². The predicted molar refractivity (Wildman–Crippen MR) is 119 cm³/mol. The zero-order valence-electron chi connectivity index (χ0n) is 17.9. The molecule has 0 radical (unpaired) electrons. The van der Waals surface area contributed by atoms with Crippen LogP contribution < -0.4 is 10.0 Å². The van der Waals surface area contributed by atoms with Gasteiger partial charge in [-0.05, 0) is 62.7 Å². The minimum atomic E-state index is -3.87. The average Bonchev–Trinajstić information content (AvgIpc) is 3.05. The van der Waals surface area contributed by atoms with Crippen molar-refractivity contribution < 1.29 is 26.0 Å². The first kappa shape index (κ1) is 24.3. The fraction of sp³-hybridized carbons (Fsp3) is 0.381.